The molecule has 2 aliphatic heterocycles. The van der Waals surface area contributed by atoms with Crippen LogP contribution < -0.4 is 9.47 Å². The summed E-state index contributed by atoms with van der Waals surface area (Å²) in [6.45, 7) is 7.37. The highest BCUT2D eigenvalue weighted by molar-refractivity contribution is 6.32. The number of piperidine rings is 1. The number of benzene rings is 2. The monoisotopic (exact) mass is 754 g/mol. The Bertz CT molecular complexity index is 1930. The van der Waals surface area contributed by atoms with Crippen LogP contribution in [0.25, 0.3) is 5.57 Å². The molecule has 2 fully saturated rings. The standard InChI is InChI=1S/C42H47ClN4O7/c1-41(2)34(31-10-4-3-5-11-31)12-8-15-42(41,54-19-9-16-46-18-14-32(48)26-46)28-53-38-22-37(52-27-30-20-29(23-44)24-45-25-30)33(21-35(38)43)39(49)47-17-7-6-13-36(47)40(50)51/h3-5,8,10-12,15,20-22,24-25,32,36,48H,6-7,9,13-14,16-19,26-28H2,1-2H3,(H,50,51)/t32-,36+,42?/m1/s1. The Hall–Kier alpha value is -4.73. The number of carboxylic acid groups (broad SMARTS) is 1. The summed E-state index contributed by atoms with van der Waals surface area (Å²) in [6, 6.07) is 15.9. The summed E-state index contributed by atoms with van der Waals surface area (Å²) >= 11 is 6.90. The number of likely N-dealkylation sites (tertiary alicyclic amines) is 2. The highest BCUT2D eigenvalue weighted by Crippen LogP contribution is 2.49. The van der Waals surface area contributed by atoms with Crippen molar-refractivity contribution in [2.24, 2.45) is 5.41 Å². The molecule has 6 rings (SSSR count). The number of carboxylic acids is 1. The van der Waals surface area contributed by atoms with Gasteiger partial charge in [0.2, 0.25) is 0 Å². The third kappa shape index (κ3) is 8.63. The zero-order chi connectivity index (χ0) is 38.3. The van der Waals surface area contributed by atoms with E-state index in [1.807, 2.05) is 30.4 Å². The van der Waals surface area contributed by atoms with E-state index in [1.54, 1.807) is 18.3 Å². The second-order valence-corrected chi connectivity index (χ2v) is 15.1. The molecule has 54 heavy (non-hydrogen) atoms. The quantitative estimate of drug-likeness (QED) is 0.174. The molecule has 284 valence electrons. The predicted molar refractivity (Wildman–Crippen MR) is 204 cm³/mol. The van der Waals surface area contributed by atoms with E-state index < -0.39 is 28.9 Å². The number of aliphatic hydroxyl groups excluding tert-OH is 1. The number of hydrogen-bond acceptors (Lipinski definition) is 9. The zero-order valence-corrected chi connectivity index (χ0v) is 31.5. The molecule has 2 saturated heterocycles. The minimum atomic E-state index is -1.06. The van der Waals surface area contributed by atoms with Crippen molar-refractivity contribution in [1.82, 2.24) is 14.8 Å². The van der Waals surface area contributed by atoms with E-state index in [4.69, 9.17) is 25.8 Å². The molecule has 2 N–H and O–H groups in total. The Morgan fingerprint density at radius 2 is 1.87 bits per heavy atom. The fraction of sp³-hybridized carbons (Fsp3) is 0.429. The van der Waals surface area contributed by atoms with Crippen LogP contribution in [-0.2, 0) is 16.1 Å². The lowest BCUT2D eigenvalue weighted by molar-refractivity contribution is -0.143. The molecular weight excluding hydrogens is 708 g/mol. The zero-order valence-electron chi connectivity index (χ0n) is 30.7. The van der Waals surface area contributed by atoms with Gasteiger partial charge in [-0.1, -0.05) is 67.9 Å². The molecule has 0 radical (unpaired) electrons. The first-order chi connectivity index (χ1) is 26.0. The van der Waals surface area contributed by atoms with Crippen molar-refractivity contribution in [3.8, 4) is 17.6 Å². The number of carbonyl (C=O) groups is 2. The van der Waals surface area contributed by atoms with Crippen molar-refractivity contribution < 1.29 is 34.0 Å². The van der Waals surface area contributed by atoms with E-state index in [1.165, 1.54) is 17.2 Å². The van der Waals surface area contributed by atoms with Crippen LogP contribution in [0.1, 0.15) is 73.0 Å². The number of rotatable bonds is 14. The fourth-order valence-corrected chi connectivity index (χ4v) is 7.79. The normalized spacial score (nSPS) is 22.4. The summed E-state index contributed by atoms with van der Waals surface area (Å²) in [6.07, 6.45) is 12.1. The maximum atomic E-state index is 14.1. The van der Waals surface area contributed by atoms with E-state index >= 15 is 0 Å². The number of aliphatic carboxylic acids is 1. The van der Waals surface area contributed by atoms with Gasteiger partial charge >= 0.3 is 5.97 Å². The predicted octanol–water partition coefficient (Wildman–Crippen LogP) is 6.54. The van der Waals surface area contributed by atoms with Crippen molar-refractivity contribution in [3.63, 3.8) is 0 Å². The molecule has 0 bridgehead atoms. The highest BCUT2D eigenvalue weighted by atomic mass is 35.5. The van der Waals surface area contributed by atoms with Crippen molar-refractivity contribution in [2.45, 2.75) is 70.3 Å². The molecule has 1 unspecified atom stereocenters. The smallest absolute Gasteiger partial charge is 0.326 e. The number of ether oxygens (including phenoxy) is 3. The fourth-order valence-electron chi connectivity index (χ4n) is 7.57. The van der Waals surface area contributed by atoms with Crippen LogP contribution in [0.3, 0.4) is 0 Å². The third-order valence-corrected chi connectivity index (χ3v) is 11.0. The number of aliphatic hydroxyl groups is 1. The topological polar surface area (TPSA) is 145 Å². The van der Waals surface area contributed by atoms with Crippen molar-refractivity contribution in [1.29, 1.82) is 5.26 Å². The van der Waals surface area contributed by atoms with E-state index in [2.05, 4.69) is 48.0 Å². The average Bonchev–Trinajstić information content (AvgIpc) is 3.60. The lowest BCUT2D eigenvalue weighted by atomic mass is 9.65. The van der Waals surface area contributed by atoms with Gasteiger partial charge in [0.25, 0.3) is 5.91 Å². The van der Waals surface area contributed by atoms with Crippen molar-refractivity contribution >= 4 is 29.1 Å². The molecule has 2 aromatic carbocycles. The molecule has 1 aliphatic carbocycles. The Morgan fingerprint density at radius 3 is 2.61 bits per heavy atom. The number of pyridine rings is 1. The number of allylic oxidation sites excluding steroid dienone is 2. The van der Waals surface area contributed by atoms with E-state index in [0.29, 0.717) is 43.5 Å². The van der Waals surface area contributed by atoms with Gasteiger partial charge in [0.1, 0.15) is 42.4 Å². The summed E-state index contributed by atoms with van der Waals surface area (Å²) in [5.74, 6) is -1.16. The van der Waals surface area contributed by atoms with Crippen LogP contribution in [0, 0.1) is 16.7 Å². The van der Waals surface area contributed by atoms with Gasteiger partial charge in [0.15, 0.2) is 0 Å². The highest BCUT2D eigenvalue weighted by Gasteiger charge is 2.49. The van der Waals surface area contributed by atoms with Gasteiger partial charge in [0.05, 0.1) is 22.3 Å². The molecular formula is C42H47ClN4O7. The molecule has 12 heteroatoms. The van der Waals surface area contributed by atoms with Gasteiger partial charge in [-0.05, 0) is 61.4 Å². The summed E-state index contributed by atoms with van der Waals surface area (Å²) in [7, 11) is 0. The van der Waals surface area contributed by atoms with Crippen LogP contribution in [0.4, 0.5) is 0 Å². The maximum absolute atomic E-state index is 14.1. The first kappa shape index (κ1) is 39.0. The first-order valence-electron chi connectivity index (χ1n) is 18.5. The van der Waals surface area contributed by atoms with E-state index in [9.17, 15) is 25.1 Å². The number of carbonyl (C=O) groups excluding carboxylic acids is 1. The van der Waals surface area contributed by atoms with Crippen molar-refractivity contribution in [3.05, 3.63) is 106 Å². The minimum absolute atomic E-state index is 0.0195. The van der Waals surface area contributed by atoms with Gasteiger partial charge in [-0.2, -0.15) is 5.26 Å². The van der Waals surface area contributed by atoms with E-state index in [0.717, 1.165) is 37.1 Å². The number of nitrogens with zero attached hydrogens (tertiary/aromatic N) is 4. The lowest BCUT2D eigenvalue weighted by Crippen LogP contribution is -2.52. The Labute approximate surface area is 321 Å². The van der Waals surface area contributed by atoms with Crippen LogP contribution in [0.2, 0.25) is 5.02 Å². The van der Waals surface area contributed by atoms with Gasteiger partial charge in [0, 0.05) is 62.2 Å². The molecule has 0 spiro atoms. The van der Waals surface area contributed by atoms with Gasteiger partial charge in [-0.15, -0.1) is 0 Å². The third-order valence-electron chi connectivity index (χ3n) is 10.7. The Morgan fingerprint density at radius 1 is 1.06 bits per heavy atom. The van der Waals surface area contributed by atoms with Crippen molar-refractivity contribution in [2.75, 3.05) is 39.4 Å². The molecule has 3 aromatic rings. The van der Waals surface area contributed by atoms with Crippen LogP contribution in [0.15, 0.2) is 79.2 Å². The summed E-state index contributed by atoms with van der Waals surface area (Å²) in [5, 5.41) is 29.5. The number of amides is 1. The van der Waals surface area contributed by atoms with Crippen LogP contribution in [-0.4, -0.2) is 94.0 Å². The molecule has 11 nitrogen and oxygen atoms in total. The molecule has 1 amide bonds. The first-order valence-corrected chi connectivity index (χ1v) is 18.9. The largest absolute Gasteiger partial charge is 0.488 e. The lowest BCUT2D eigenvalue weighted by Gasteiger charge is -2.47. The second kappa shape index (κ2) is 17.2. The molecule has 1 aromatic heterocycles. The molecule has 3 atom stereocenters. The Kier molecular flexibility index (Phi) is 12.4. The summed E-state index contributed by atoms with van der Waals surface area (Å²) in [4.78, 5) is 33.9. The van der Waals surface area contributed by atoms with Gasteiger partial charge < -0.3 is 34.2 Å². The van der Waals surface area contributed by atoms with Gasteiger partial charge in [-0.25, -0.2) is 4.79 Å². The van der Waals surface area contributed by atoms with Crippen LogP contribution >= 0.6 is 11.6 Å². The minimum Gasteiger partial charge on any atom is -0.488 e. The molecule has 0 saturated carbocycles. The summed E-state index contributed by atoms with van der Waals surface area (Å²) < 4.78 is 19.7. The van der Waals surface area contributed by atoms with E-state index in [-0.39, 0.29) is 47.9 Å². The maximum Gasteiger partial charge on any atom is 0.326 e. The average molecular weight is 755 g/mol. The number of β-amino-alcohol motifs (C(OH)–C–C–N with tert-alkyl or cyclic N) is 1. The number of hydrogen-bond donors (Lipinski definition) is 2. The number of nitriles is 1. The summed E-state index contributed by atoms with van der Waals surface area (Å²) in [5.41, 5.74) is 1.70. The van der Waals surface area contributed by atoms with Gasteiger partial charge in [-0.3, -0.25) is 9.78 Å². The molecule has 3 aliphatic rings. The van der Waals surface area contributed by atoms with Crippen LogP contribution in [0.5, 0.6) is 11.5 Å². The number of halogens is 1. The second-order valence-electron chi connectivity index (χ2n) is 14.7. The number of aromatic nitrogens is 1. The SMILES string of the molecule is CC1(C)C(c2ccccc2)=CC=CC1(COc1cc(OCc2cncc(C#N)c2)c(C(=O)N2CCCC[C@H]2C(=O)O)cc1Cl)OCCCN1CC[C@@H](O)C1. The Balaban J connectivity index is 1.30. The molecule has 3 heterocycles.